The molecule has 0 aliphatic rings. The first-order valence-electron chi connectivity index (χ1n) is 15.0. The number of rotatable bonds is 13. The molecule has 0 atom stereocenters. The van der Waals surface area contributed by atoms with Crippen LogP contribution in [0.15, 0.2) is 35.4 Å². The lowest BCUT2D eigenvalue weighted by molar-refractivity contribution is -0.120. The molecule has 0 bridgehead atoms. The number of thiol groups is 1. The van der Waals surface area contributed by atoms with Gasteiger partial charge in [0.25, 0.3) is 0 Å². The standard InChI is InChI=1S/C24H40N4O3.C4H10.2C2H6.CH4S/c1-8-25-23(30)19(3)18(2)16-24(4,5)28(6)17-27-21-11-9-20(10-12-21)15-22(29)26-13-14-31-7;1-4(2)3;3*1-2/h9-12,27H,8,13-17H2,1-7H3,(H,25,30)(H,26,29);4H,1-3H3;2*1-2H3;2H,1H3/b19-18+;;;;. The molecule has 0 aliphatic carbocycles. The monoisotopic (exact) mass is 598 g/mol. The van der Waals surface area contributed by atoms with Crippen LogP contribution < -0.4 is 16.0 Å². The van der Waals surface area contributed by atoms with E-state index in [1.807, 2.05) is 72.7 Å². The second-order valence-electron chi connectivity index (χ2n) is 10.2. The van der Waals surface area contributed by atoms with Gasteiger partial charge in [0.05, 0.1) is 19.7 Å². The lowest BCUT2D eigenvalue weighted by atomic mass is 9.91. The molecule has 0 aromatic heterocycles. The van der Waals surface area contributed by atoms with Crippen LogP contribution in [0.1, 0.15) is 95.1 Å². The van der Waals surface area contributed by atoms with Gasteiger partial charge in [-0.25, -0.2) is 0 Å². The van der Waals surface area contributed by atoms with Crippen molar-refractivity contribution >= 4 is 30.1 Å². The number of nitrogens with zero attached hydrogens (tertiary/aromatic N) is 1. The van der Waals surface area contributed by atoms with Crippen molar-refractivity contribution in [2.75, 3.05) is 52.1 Å². The van der Waals surface area contributed by atoms with Crippen molar-refractivity contribution < 1.29 is 14.3 Å². The molecule has 0 radical (unpaired) electrons. The van der Waals surface area contributed by atoms with Gasteiger partial charge >= 0.3 is 0 Å². The molecule has 41 heavy (non-hydrogen) atoms. The first-order chi connectivity index (χ1) is 19.3. The fourth-order valence-electron chi connectivity index (χ4n) is 3.11. The summed E-state index contributed by atoms with van der Waals surface area (Å²) in [5.41, 5.74) is 3.73. The molecule has 0 unspecified atom stereocenters. The third kappa shape index (κ3) is 25.4. The summed E-state index contributed by atoms with van der Waals surface area (Å²) in [7, 11) is 3.68. The third-order valence-electron chi connectivity index (χ3n) is 5.52. The molecule has 0 spiro atoms. The van der Waals surface area contributed by atoms with E-state index in [4.69, 9.17) is 4.74 Å². The van der Waals surface area contributed by atoms with Crippen LogP contribution in [0.2, 0.25) is 0 Å². The van der Waals surface area contributed by atoms with Crippen LogP contribution in [0.4, 0.5) is 5.69 Å². The molecule has 3 N–H and O–H groups in total. The SMILES string of the molecule is CC.CC.CC(C)C.CCNC(=O)/C(C)=C(\C)CC(C)(C)N(C)CNc1ccc(CC(=O)NCCOC)cc1.CS. The average molecular weight is 599 g/mol. The smallest absolute Gasteiger partial charge is 0.246 e. The Bertz CT molecular complexity index is 791. The number of hydrogen-bond donors (Lipinski definition) is 4. The number of hydrogen-bond acceptors (Lipinski definition) is 6. The maximum absolute atomic E-state index is 12.1. The van der Waals surface area contributed by atoms with E-state index >= 15 is 0 Å². The number of carbonyl (C=O) groups excluding carboxylic acids is 2. The zero-order valence-corrected chi connectivity index (χ0v) is 30.1. The number of methoxy groups -OCH3 is 1. The van der Waals surface area contributed by atoms with Crippen molar-refractivity contribution in [1.82, 2.24) is 15.5 Å². The molecule has 8 heteroatoms. The lowest BCUT2D eigenvalue weighted by Crippen LogP contribution is -2.44. The van der Waals surface area contributed by atoms with Gasteiger partial charge in [0.1, 0.15) is 0 Å². The van der Waals surface area contributed by atoms with Gasteiger partial charge in [-0.15, -0.1) is 0 Å². The van der Waals surface area contributed by atoms with Crippen LogP contribution in [-0.2, 0) is 20.7 Å². The van der Waals surface area contributed by atoms with E-state index in [1.165, 1.54) is 0 Å². The fraction of sp³-hybridized carbons (Fsp3) is 0.697. The minimum absolute atomic E-state index is 0.00375. The molecule has 7 nitrogen and oxygen atoms in total. The van der Waals surface area contributed by atoms with Crippen molar-refractivity contribution in [3.63, 3.8) is 0 Å². The Labute approximate surface area is 260 Å². The van der Waals surface area contributed by atoms with Crippen LogP contribution in [0.3, 0.4) is 0 Å². The number of carbonyl (C=O) groups is 2. The zero-order chi connectivity index (χ0) is 33.0. The van der Waals surface area contributed by atoms with Gasteiger partial charge in [-0.2, -0.15) is 12.6 Å². The van der Waals surface area contributed by atoms with Crippen molar-refractivity contribution in [2.24, 2.45) is 5.92 Å². The molecule has 1 aromatic carbocycles. The van der Waals surface area contributed by atoms with Crippen molar-refractivity contribution in [1.29, 1.82) is 0 Å². The third-order valence-corrected chi connectivity index (χ3v) is 5.52. The van der Waals surface area contributed by atoms with Gasteiger partial charge in [-0.3, -0.25) is 14.5 Å². The second kappa shape index (κ2) is 29.5. The molecule has 0 heterocycles. The summed E-state index contributed by atoms with van der Waals surface area (Å²) in [5, 5.41) is 9.12. The van der Waals surface area contributed by atoms with E-state index in [9.17, 15) is 9.59 Å². The molecular weight excluding hydrogens is 532 g/mol. The summed E-state index contributed by atoms with van der Waals surface area (Å²) >= 11 is 3.53. The van der Waals surface area contributed by atoms with Crippen LogP contribution in [-0.4, -0.2) is 69.0 Å². The number of likely N-dealkylation sites (N-methyl/N-ethyl adjacent to an activating group) is 1. The molecule has 0 saturated heterocycles. The number of benzene rings is 1. The predicted molar refractivity (Wildman–Crippen MR) is 185 cm³/mol. The van der Waals surface area contributed by atoms with E-state index in [-0.39, 0.29) is 17.4 Å². The van der Waals surface area contributed by atoms with Crippen LogP contribution in [0.25, 0.3) is 0 Å². The number of ether oxygens (including phenoxy) is 1. The topological polar surface area (TPSA) is 82.7 Å². The highest BCUT2D eigenvalue weighted by Gasteiger charge is 2.25. The van der Waals surface area contributed by atoms with E-state index in [0.717, 1.165) is 34.7 Å². The predicted octanol–water partition coefficient (Wildman–Crippen LogP) is 7.19. The highest BCUT2D eigenvalue weighted by molar-refractivity contribution is 7.79. The first-order valence-corrected chi connectivity index (χ1v) is 15.9. The molecule has 0 fully saturated rings. The maximum Gasteiger partial charge on any atom is 0.246 e. The Balaban J connectivity index is -0.000000603. The Morgan fingerprint density at radius 1 is 0.976 bits per heavy atom. The molecule has 0 aliphatic heterocycles. The summed E-state index contributed by atoms with van der Waals surface area (Å²) < 4.78 is 4.93. The second-order valence-corrected chi connectivity index (χ2v) is 10.2. The largest absolute Gasteiger partial charge is 0.383 e. The van der Waals surface area contributed by atoms with Crippen LogP contribution in [0, 0.1) is 5.92 Å². The van der Waals surface area contributed by atoms with Crippen LogP contribution >= 0.6 is 12.6 Å². The van der Waals surface area contributed by atoms with E-state index < -0.39 is 0 Å². The van der Waals surface area contributed by atoms with E-state index in [2.05, 4.69) is 75.1 Å². The summed E-state index contributed by atoms with van der Waals surface area (Å²) in [6, 6.07) is 7.91. The Hall–Kier alpha value is -2.03. The molecule has 2 amide bonds. The number of nitrogens with one attached hydrogen (secondary N) is 3. The van der Waals surface area contributed by atoms with Crippen molar-refractivity contribution in [3.8, 4) is 0 Å². The van der Waals surface area contributed by atoms with Crippen molar-refractivity contribution in [2.45, 2.75) is 101 Å². The van der Waals surface area contributed by atoms with Gasteiger partial charge in [0, 0.05) is 37.0 Å². The first kappa shape index (κ1) is 45.9. The molecular formula is C33H66N4O3S. The molecule has 1 aromatic rings. The Kier molecular flexibility index (Phi) is 33.0. The molecule has 1 rings (SSSR count). The van der Waals surface area contributed by atoms with Crippen molar-refractivity contribution in [3.05, 3.63) is 41.0 Å². The Morgan fingerprint density at radius 2 is 1.46 bits per heavy atom. The van der Waals surface area contributed by atoms with Gasteiger partial charge in [0.2, 0.25) is 11.8 Å². The Morgan fingerprint density at radius 3 is 1.90 bits per heavy atom. The highest BCUT2D eigenvalue weighted by atomic mass is 32.1. The lowest BCUT2D eigenvalue weighted by Gasteiger charge is -2.36. The van der Waals surface area contributed by atoms with Gasteiger partial charge in [0.15, 0.2) is 0 Å². The average Bonchev–Trinajstić information content (AvgIpc) is 2.95. The summed E-state index contributed by atoms with van der Waals surface area (Å²) in [6.45, 7) is 27.0. The summed E-state index contributed by atoms with van der Waals surface area (Å²) in [6.07, 6.45) is 2.85. The van der Waals surface area contributed by atoms with E-state index in [1.54, 1.807) is 13.4 Å². The minimum Gasteiger partial charge on any atom is -0.383 e. The quantitative estimate of drug-likeness (QED) is 0.0836. The van der Waals surface area contributed by atoms with Gasteiger partial charge in [-0.1, -0.05) is 66.2 Å². The summed E-state index contributed by atoms with van der Waals surface area (Å²) in [5.74, 6) is 0.828. The minimum atomic E-state index is -0.120. The zero-order valence-electron chi connectivity index (χ0n) is 29.2. The summed E-state index contributed by atoms with van der Waals surface area (Å²) in [4.78, 5) is 26.2. The molecule has 242 valence electrons. The van der Waals surface area contributed by atoms with E-state index in [0.29, 0.717) is 32.8 Å². The fourth-order valence-corrected chi connectivity index (χ4v) is 3.11. The number of anilines is 1. The molecule has 0 saturated carbocycles. The van der Waals surface area contributed by atoms with Crippen LogP contribution in [0.5, 0.6) is 0 Å². The maximum atomic E-state index is 12.1. The van der Waals surface area contributed by atoms with Gasteiger partial charge in [-0.05, 0) is 78.0 Å². The normalized spacial score (nSPS) is 10.7. The van der Waals surface area contributed by atoms with Gasteiger partial charge < -0.3 is 20.7 Å². The highest BCUT2D eigenvalue weighted by Crippen LogP contribution is 2.24. The number of amides is 2.